The summed E-state index contributed by atoms with van der Waals surface area (Å²) in [6.07, 6.45) is 2.37. The number of alkyl halides is 1. The third-order valence-electron chi connectivity index (χ3n) is 4.32. The van der Waals surface area contributed by atoms with E-state index in [0.717, 1.165) is 0 Å². The molecule has 0 aliphatic carbocycles. The van der Waals surface area contributed by atoms with Gasteiger partial charge in [0.25, 0.3) is 0 Å². The second-order valence-corrected chi connectivity index (χ2v) is 9.55. The van der Waals surface area contributed by atoms with E-state index in [1.54, 1.807) is 46.0 Å². The minimum absolute atomic E-state index is 0.0294. The summed E-state index contributed by atoms with van der Waals surface area (Å²) in [5, 5.41) is 0.250. The molecule has 2 aromatic rings. The van der Waals surface area contributed by atoms with Gasteiger partial charge in [-0.2, -0.15) is 0 Å². The molecule has 3 rings (SSSR count). The number of carbonyl (C=O) groups excluding carboxylic acids is 2. The SMILES string of the molecule is CCOC(=O)C1=C(c2ccc(F)cc2)SC(CBr)(c2cnc[nH]2)N1C(=O)OC(C)(C)C. The molecule has 0 saturated heterocycles. The summed E-state index contributed by atoms with van der Waals surface area (Å²) in [4.78, 5) is 34.3. The number of aromatic amines is 1. The zero-order chi connectivity index (χ0) is 22.8. The molecule has 1 amide bonds. The molecule has 10 heteroatoms. The molecule has 2 heterocycles. The van der Waals surface area contributed by atoms with Crippen molar-refractivity contribution in [2.75, 3.05) is 11.9 Å². The molecule has 1 atom stereocenters. The van der Waals surface area contributed by atoms with Crippen LogP contribution in [0.5, 0.6) is 0 Å². The van der Waals surface area contributed by atoms with Gasteiger partial charge in [0.15, 0.2) is 4.87 Å². The number of amides is 1. The largest absolute Gasteiger partial charge is 0.461 e. The van der Waals surface area contributed by atoms with E-state index in [1.807, 2.05) is 0 Å². The number of thioether (sulfide) groups is 1. The molecule has 0 bridgehead atoms. The molecule has 0 radical (unpaired) electrons. The average molecular weight is 512 g/mol. The minimum Gasteiger partial charge on any atom is -0.461 e. The number of carbonyl (C=O) groups is 2. The third kappa shape index (κ3) is 4.64. The Bertz CT molecular complexity index is 989. The van der Waals surface area contributed by atoms with Crippen LogP contribution in [0.4, 0.5) is 9.18 Å². The maximum Gasteiger partial charge on any atom is 0.416 e. The second kappa shape index (κ2) is 9.04. The summed E-state index contributed by atoms with van der Waals surface area (Å²) in [5.41, 5.74) is 0.387. The standard InChI is InChI=1S/C21H23BrFN3O4S/c1-5-29-18(27)16-17(13-6-8-14(23)9-7-13)31-21(11-22,15-10-24-12-25-15)26(16)19(28)30-20(2,3)4/h6-10,12H,5,11H2,1-4H3,(H,24,25). The number of hydrogen-bond acceptors (Lipinski definition) is 6. The van der Waals surface area contributed by atoms with Crippen molar-refractivity contribution in [3.63, 3.8) is 0 Å². The molecule has 1 aromatic carbocycles. The molecule has 1 aromatic heterocycles. The maximum atomic E-state index is 13.6. The summed E-state index contributed by atoms with van der Waals surface area (Å²) >= 11 is 4.78. The Balaban J connectivity index is 2.25. The number of halogens is 2. The van der Waals surface area contributed by atoms with Gasteiger partial charge in [-0.3, -0.25) is 0 Å². The van der Waals surface area contributed by atoms with Crippen molar-refractivity contribution in [3.05, 3.63) is 59.6 Å². The normalized spacial score (nSPS) is 19.0. The zero-order valence-electron chi connectivity index (χ0n) is 17.6. The number of imidazole rings is 1. The van der Waals surface area contributed by atoms with Crippen molar-refractivity contribution in [2.24, 2.45) is 0 Å². The van der Waals surface area contributed by atoms with Gasteiger partial charge in [0.05, 0.1) is 24.8 Å². The lowest BCUT2D eigenvalue weighted by Crippen LogP contribution is -2.48. The van der Waals surface area contributed by atoms with Gasteiger partial charge in [-0.1, -0.05) is 39.8 Å². The van der Waals surface area contributed by atoms with Crippen LogP contribution in [0.25, 0.3) is 4.91 Å². The predicted octanol–water partition coefficient (Wildman–Crippen LogP) is 5.01. The van der Waals surface area contributed by atoms with Crippen LogP contribution < -0.4 is 0 Å². The lowest BCUT2D eigenvalue weighted by molar-refractivity contribution is -0.140. The smallest absolute Gasteiger partial charge is 0.416 e. The number of H-pyrrole nitrogens is 1. The molecule has 0 saturated carbocycles. The van der Waals surface area contributed by atoms with Gasteiger partial charge in [0, 0.05) is 10.2 Å². The van der Waals surface area contributed by atoms with Gasteiger partial charge in [-0.15, -0.1) is 0 Å². The molecular weight excluding hydrogens is 489 g/mol. The Kier molecular flexibility index (Phi) is 6.80. The fourth-order valence-corrected chi connectivity index (χ4v) is 5.37. The monoisotopic (exact) mass is 511 g/mol. The molecule has 31 heavy (non-hydrogen) atoms. The molecule has 1 unspecified atom stereocenters. The first-order valence-electron chi connectivity index (χ1n) is 9.57. The quantitative estimate of drug-likeness (QED) is 0.448. The molecule has 166 valence electrons. The van der Waals surface area contributed by atoms with E-state index in [1.165, 1.54) is 35.1 Å². The van der Waals surface area contributed by atoms with Gasteiger partial charge in [0.1, 0.15) is 17.1 Å². The number of nitrogens with zero attached hydrogens (tertiary/aromatic N) is 2. The Morgan fingerprint density at radius 2 is 1.97 bits per heavy atom. The van der Waals surface area contributed by atoms with E-state index in [-0.39, 0.29) is 17.6 Å². The van der Waals surface area contributed by atoms with Crippen LogP contribution in [-0.2, 0) is 19.1 Å². The number of ether oxygens (including phenoxy) is 2. The average Bonchev–Trinajstić information content (AvgIpc) is 3.34. The summed E-state index contributed by atoms with van der Waals surface area (Å²) in [6, 6.07) is 5.71. The number of rotatable bonds is 5. The Morgan fingerprint density at radius 1 is 1.29 bits per heavy atom. The molecule has 1 aliphatic rings. The van der Waals surface area contributed by atoms with Crippen molar-refractivity contribution < 1.29 is 23.5 Å². The Morgan fingerprint density at radius 3 is 2.48 bits per heavy atom. The highest BCUT2D eigenvalue weighted by molar-refractivity contribution is 9.09. The molecular formula is C21H23BrFN3O4S. The van der Waals surface area contributed by atoms with Crippen molar-refractivity contribution in [3.8, 4) is 0 Å². The highest BCUT2D eigenvalue weighted by Crippen LogP contribution is 2.57. The van der Waals surface area contributed by atoms with E-state index in [4.69, 9.17) is 9.47 Å². The van der Waals surface area contributed by atoms with E-state index in [9.17, 15) is 14.0 Å². The summed E-state index contributed by atoms with van der Waals surface area (Å²) in [5.74, 6) is -1.09. The van der Waals surface area contributed by atoms with Gasteiger partial charge in [-0.25, -0.2) is 23.9 Å². The zero-order valence-corrected chi connectivity index (χ0v) is 20.0. The van der Waals surface area contributed by atoms with Gasteiger partial charge in [0.2, 0.25) is 0 Å². The van der Waals surface area contributed by atoms with Crippen molar-refractivity contribution in [1.29, 1.82) is 0 Å². The van der Waals surface area contributed by atoms with Crippen LogP contribution in [0.1, 0.15) is 39.0 Å². The highest BCUT2D eigenvalue weighted by Gasteiger charge is 2.55. The lowest BCUT2D eigenvalue weighted by Gasteiger charge is -2.37. The second-order valence-electron chi connectivity index (χ2n) is 7.71. The lowest BCUT2D eigenvalue weighted by atomic mass is 10.1. The van der Waals surface area contributed by atoms with Crippen molar-refractivity contribution in [1.82, 2.24) is 14.9 Å². The van der Waals surface area contributed by atoms with Crippen LogP contribution in [0.3, 0.4) is 0 Å². The number of hydrogen-bond donors (Lipinski definition) is 1. The fraction of sp³-hybridized carbons (Fsp3) is 0.381. The van der Waals surface area contributed by atoms with E-state index in [0.29, 0.717) is 16.2 Å². The third-order valence-corrected chi connectivity index (χ3v) is 7.02. The van der Waals surface area contributed by atoms with Crippen molar-refractivity contribution in [2.45, 2.75) is 38.2 Å². The van der Waals surface area contributed by atoms with E-state index < -0.39 is 28.4 Å². The number of benzene rings is 1. The van der Waals surface area contributed by atoms with Gasteiger partial charge in [-0.05, 0) is 45.4 Å². The van der Waals surface area contributed by atoms with Gasteiger partial charge < -0.3 is 14.5 Å². The first-order chi connectivity index (χ1) is 14.6. The summed E-state index contributed by atoms with van der Waals surface area (Å²) in [6.45, 7) is 7.04. The molecule has 0 fully saturated rings. The molecule has 7 nitrogen and oxygen atoms in total. The van der Waals surface area contributed by atoms with Crippen LogP contribution in [0.2, 0.25) is 0 Å². The first kappa shape index (κ1) is 23.3. The van der Waals surface area contributed by atoms with E-state index in [2.05, 4.69) is 25.9 Å². The fourth-order valence-electron chi connectivity index (χ4n) is 3.08. The Hall–Kier alpha value is -2.33. The molecule has 1 aliphatic heterocycles. The van der Waals surface area contributed by atoms with Crippen LogP contribution in [0.15, 0.2) is 42.5 Å². The Labute approximate surface area is 192 Å². The van der Waals surface area contributed by atoms with Crippen molar-refractivity contribution >= 4 is 44.7 Å². The number of esters is 1. The van der Waals surface area contributed by atoms with Crippen LogP contribution >= 0.6 is 27.7 Å². The maximum absolute atomic E-state index is 13.6. The summed E-state index contributed by atoms with van der Waals surface area (Å²) < 4.78 is 24.5. The van der Waals surface area contributed by atoms with Crippen LogP contribution in [0, 0.1) is 5.82 Å². The van der Waals surface area contributed by atoms with Crippen LogP contribution in [-0.4, -0.2) is 44.5 Å². The number of nitrogens with one attached hydrogen (secondary N) is 1. The summed E-state index contributed by atoms with van der Waals surface area (Å²) in [7, 11) is 0. The van der Waals surface area contributed by atoms with Gasteiger partial charge >= 0.3 is 12.1 Å². The molecule has 1 N–H and O–H groups in total. The molecule has 0 spiro atoms. The highest BCUT2D eigenvalue weighted by atomic mass is 79.9. The minimum atomic E-state index is -1.11. The number of aromatic nitrogens is 2. The topological polar surface area (TPSA) is 84.5 Å². The van der Waals surface area contributed by atoms with E-state index >= 15 is 0 Å². The first-order valence-corrected chi connectivity index (χ1v) is 11.5. The predicted molar refractivity (Wildman–Crippen MR) is 120 cm³/mol.